The molecule has 0 radical (unpaired) electrons. The Kier molecular flexibility index (Phi) is 5.38. The second kappa shape index (κ2) is 7.73. The van der Waals surface area contributed by atoms with Gasteiger partial charge in [0.05, 0.1) is 16.8 Å². The van der Waals surface area contributed by atoms with E-state index in [2.05, 4.69) is 20.0 Å². The summed E-state index contributed by atoms with van der Waals surface area (Å²) >= 11 is 5.80. The molecule has 1 amide bonds. The van der Waals surface area contributed by atoms with Gasteiger partial charge in [0.15, 0.2) is 0 Å². The molecule has 0 spiro atoms. The molecule has 138 valence electrons. The molecule has 9 heteroatoms. The number of anilines is 2. The Morgan fingerprint density at radius 2 is 1.74 bits per heavy atom. The zero-order valence-corrected chi connectivity index (χ0v) is 15.8. The number of aromatic nitrogens is 2. The minimum atomic E-state index is -3.83. The second-order valence-corrected chi connectivity index (χ2v) is 7.76. The first-order valence-electron chi connectivity index (χ1n) is 7.82. The summed E-state index contributed by atoms with van der Waals surface area (Å²) in [6, 6.07) is 12.2. The zero-order chi connectivity index (χ0) is 19.4. The van der Waals surface area contributed by atoms with Crippen molar-refractivity contribution >= 4 is 38.9 Å². The van der Waals surface area contributed by atoms with Crippen LogP contribution in [-0.4, -0.2) is 24.3 Å². The van der Waals surface area contributed by atoms with Crippen molar-refractivity contribution < 1.29 is 13.2 Å². The SMILES string of the molecule is Cc1cnc(C(=O)Nc2cccc(S(=O)(=O)Nc3ccc(Cl)cc3)c2)cn1. The van der Waals surface area contributed by atoms with Crippen LogP contribution in [0.15, 0.2) is 65.8 Å². The van der Waals surface area contributed by atoms with E-state index in [0.717, 1.165) is 0 Å². The highest BCUT2D eigenvalue weighted by molar-refractivity contribution is 7.92. The second-order valence-electron chi connectivity index (χ2n) is 5.64. The normalized spacial score (nSPS) is 11.0. The Balaban J connectivity index is 1.78. The van der Waals surface area contributed by atoms with Gasteiger partial charge in [0.25, 0.3) is 15.9 Å². The number of aryl methyl sites for hydroxylation is 1. The third kappa shape index (κ3) is 4.81. The van der Waals surface area contributed by atoms with Crippen LogP contribution in [0.25, 0.3) is 0 Å². The molecular formula is C18H15ClN4O3S. The van der Waals surface area contributed by atoms with Gasteiger partial charge in [-0.1, -0.05) is 17.7 Å². The molecule has 0 atom stereocenters. The van der Waals surface area contributed by atoms with Gasteiger partial charge in [-0.25, -0.2) is 13.4 Å². The van der Waals surface area contributed by atoms with E-state index >= 15 is 0 Å². The van der Waals surface area contributed by atoms with Crippen molar-refractivity contribution in [2.75, 3.05) is 10.0 Å². The maximum Gasteiger partial charge on any atom is 0.275 e. The summed E-state index contributed by atoms with van der Waals surface area (Å²) in [5.74, 6) is -0.484. The number of hydrogen-bond donors (Lipinski definition) is 2. The summed E-state index contributed by atoms with van der Waals surface area (Å²) in [6.45, 7) is 1.76. The van der Waals surface area contributed by atoms with E-state index in [4.69, 9.17) is 11.6 Å². The summed E-state index contributed by atoms with van der Waals surface area (Å²) in [4.78, 5) is 20.2. The van der Waals surface area contributed by atoms with Gasteiger partial charge in [-0.2, -0.15) is 0 Å². The molecule has 0 saturated carbocycles. The molecular weight excluding hydrogens is 388 g/mol. The van der Waals surface area contributed by atoms with Crippen LogP contribution >= 0.6 is 11.6 Å². The Morgan fingerprint density at radius 1 is 1.00 bits per heavy atom. The number of halogens is 1. The molecule has 1 heterocycles. The smallest absolute Gasteiger partial charge is 0.275 e. The maximum atomic E-state index is 12.6. The van der Waals surface area contributed by atoms with Gasteiger partial charge in [0, 0.05) is 22.6 Å². The minimum Gasteiger partial charge on any atom is -0.321 e. The molecule has 0 aliphatic heterocycles. The highest BCUT2D eigenvalue weighted by Crippen LogP contribution is 2.21. The van der Waals surface area contributed by atoms with Crippen LogP contribution in [0.1, 0.15) is 16.2 Å². The number of hydrogen-bond acceptors (Lipinski definition) is 5. The maximum absolute atomic E-state index is 12.6. The Hall–Kier alpha value is -2.97. The van der Waals surface area contributed by atoms with Crippen LogP contribution < -0.4 is 10.0 Å². The van der Waals surface area contributed by atoms with E-state index in [1.807, 2.05) is 0 Å². The molecule has 2 aromatic carbocycles. The van der Waals surface area contributed by atoms with Crippen LogP contribution in [0.2, 0.25) is 5.02 Å². The number of carbonyl (C=O) groups excluding carboxylic acids is 1. The highest BCUT2D eigenvalue weighted by atomic mass is 35.5. The molecule has 0 aliphatic rings. The van der Waals surface area contributed by atoms with Crippen molar-refractivity contribution in [1.82, 2.24) is 9.97 Å². The van der Waals surface area contributed by atoms with Crippen molar-refractivity contribution in [1.29, 1.82) is 0 Å². The van der Waals surface area contributed by atoms with Gasteiger partial charge in [-0.3, -0.25) is 14.5 Å². The van der Waals surface area contributed by atoms with Gasteiger partial charge in [0.2, 0.25) is 0 Å². The number of sulfonamides is 1. The summed E-state index contributed by atoms with van der Waals surface area (Å²) in [5.41, 5.74) is 1.52. The lowest BCUT2D eigenvalue weighted by atomic mass is 10.3. The molecule has 2 N–H and O–H groups in total. The number of nitrogens with one attached hydrogen (secondary N) is 2. The lowest BCUT2D eigenvalue weighted by Crippen LogP contribution is -2.16. The molecule has 27 heavy (non-hydrogen) atoms. The fraction of sp³-hybridized carbons (Fsp3) is 0.0556. The monoisotopic (exact) mass is 402 g/mol. The number of benzene rings is 2. The van der Waals surface area contributed by atoms with Crippen LogP contribution in [-0.2, 0) is 10.0 Å². The quantitative estimate of drug-likeness (QED) is 0.680. The van der Waals surface area contributed by atoms with Gasteiger partial charge < -0.3 is 5.32 Å². The standard InChI is InChI=1S/C18H15ClN4O3S/c1-12-10-21-17(11-20-12)18(24)22-15-3-2-4-16(9-15)27(25,26)23-14-7-5-13(19)6-8-14/h2-11,23H,1H3,(H,22,24). The molecule has 0 unspecified atom stereocenters. The minimum absolute atomic E-state index is 0.00485. The number of amides is 1. The van der Waals surface area contributed by atoms with Crippen molar-refractivity contribution in [3.63, 3.8) is 0 Å². The van der Waals surface area contributed by atoms with E-state index in [1.165, 1.54) is 30.6 Å². The third-order valence-corrected chi connectivity index (χ3v) is 5.14. The molecule has 3 rings (SSSR count). The van der Waals surface area contributed by atoms with Crippen molar-refractivity contribution in [2.45, 2.75) is 11.8 Å². The summed E-state index contributed by atoms with van der Waals surface area (Å²) in [6.07, 6.45) is 2.83. The molecule has 0 saturated heterocycles. The van der Waals surface area contributed by atoms with Crippen molar-refractivity contribution in [3.8, 4) is 0 Å². The fourth-order valence-corrected chi connectivity index (χ4v) is 3.41. The summed E-state index contributed by atoms with van der Waals surface area (Å²) < 4.78 is 27.6. The van der Waals surface area contributed by atoms with Crippen molar-refractivity contribution in [2.24, 2.45) is 0 Å². The summed E-state index contributed by atoms with van der Waals surface area (Å²) in [7, 11) is -3.83. The number of nitrogens with zero attached hydrogens (tertiary/aromatic N) is 2. The van der Waals surface area contributed by atoms with E-state index in [0.29, 0.717) is 22.1 Å². The fourth-order valence-electron chi connectivity index (χ4n) is 2.18. The first-order valence-corrected chi connectivity index (χ1v) is 9.68. The first-order chi connectivity index (χ1) is 12.8. The third-order valence-electron chi connectivity index (χ3n) is 3.51. The Bertz CT molecular complexity index is 1070. The Morgan fingerprint density at radius 3 is 2.41 bits per heavy atom. The molecule has 0 fully saturated rings. The molecule has 0 bridgehead atoms. The topological polar surface area (TPSA) is 101 Å². The average Bonchev–Trinajstić information content (AvgIpc) is 2.64. The lowest BCUT2D eigenvalue weighted by Gasteiger charge is -2.10. The molecule has 1 aromatic heterocycles. The van der Waals surface area contributed by atoms with E-state index in [9.17, 15) is 13.2 Å². The highest BCUT2D eigenvalue weighted by Gasteiger charge is 2.16. The number of carbonyl (C=O) groups is 1. The van der Waals surface area contributed by atoms with E-state index in [1.54, 1.807) is 37.3 Å². The van der Waals surface area contributed by atoms with Gasteiger partial charge in [-0.15, -0.1) is 0 Å². The van der Waals surface area contributed by atoms with E-state index in [-0.39, 0.29) is 10.6 Å². The van der Waals surface area contributed by atoms with Crippen LogP contribution in [0.5, 0.6) is 0 Å². The molecule has 0 aliphatic carbocycles. The zero-order valence-electron chi connectivity index (χ0n) is 14.2. The van der Waals surface area contributed by atoms with Crippen LogP contribution in [0, 0.1) is 6.92 Å². The van der Waals surface area contributed by atoms with Crippen molar-refractivity contribution in [3.05, 3.63) is 77.3 Å². The summed E-state index contributed by atoms with van der Waals surface area (Å²) in [5, 5.41) is 3.11. The molecule has 7 nitrogen and oxygen atoms in total. The van der Waals surface area contributed by atoms with Gasteiger partial charge >= 0.3 is 0 Å². The first kappa shape index (κ1) is 18.8. The Labute approximate surface area is 161 Å². The van der Waals surface area contributed by atoms with Crippen LogP contribution in [0.3, 0.4) is 0 Å². The predicted molar refractivity (Wildman–Crippen MR) is 103 cm³/mol. The van der Waals surface area contributed by atoms with Crippen LogP contribution in [0.4, 0.5) is 11.4 Å². The van der Waals surface area contributed by atoms with Gasteiger partial charge in [-0.05, 0) is 49.4 Å². The number of rotatable bonds is 5. The molecule has 3 aromatic rings. The predicted octanol–water partition coefficient (Wildman–Crippen LogP) is 3.49. The lowest BCUT2D eigenvalue weighted by molar-refractivity contribution is 0.102. The van der Waals surface area contributed by atoms with E-state index < -0.39 is 15.9 Å². The average molecular weight is 403 g/mol. The largest absolute Gasteiger partial charge is 0.321 e. The van der Waals surface area contributed by atoms with Gasteiger partial charge in [0.1, 0.15) is 5.69 Å².